The molecule has 0 aliphatic carbocycles. The highest BCUT2D eigenvalue weighted by molar-refractivity contribution is 9.10. The Kier molecular flexibility index (Phi) is 3.79. The van der Waals surface area contributed by atoms with Gasteiger partial charge in [0.05, 0.1) is 0 Å². The molecule has 4 heteroatoms. The summed E-state index contributed by atoms with van der Waals surface area (Å²) < 4.78 is 26.5. The zero-order valence-corrected chi connectivity index (χ0v) is 11.0. The van der Waals surface area contributed by atoms with Gasteiger partial charge in [0.25, 0.3) is 6.43 Å². The second-order valence-corrected chi connectivity index (χ2v) is 4.89. The Hall–Kier alpha value is -0.930. The highest BCUT2D eigenvalue weighted by atomic mass is 79.9. The minimum absolute atomic E-state index is 0.00152. The maximum atomic E-state index is 12.9. The molecular formula is C13H8BrClF2. The molecule has 0 bridgehead atoms. The van der Waals surface area contributed by atoms with Gasteiger partial charge in [-0.15, -0.1) is 0 Å². The molecule has 0 atom stereocenters. The van der Waals surface area contributed by atoms with Crippen molar-refractivity contribution in [2.45, 2.75) is 6.43 Å². The molecule has 0 unspecified atom stereocenters. The molecule has 0 heterocycles. The quantitative estimate of drug-likeness (QED) is 0.666. The molecule has 0 aromatic heterocycles. The van der Waals surface area contributed by atoms with Crippen molar-refractivity contribution < 1.29 is 8.78 Å². The van der Waals surface area contributed by atoms with E-state index in [1.54, 1.807) is 36.4 Å². The van der Waals surface area contributed by atoms with Crippen LogP contribution in [-0.2, 0) is 0 Å². The Morgan fingerprint density at radius 2 is 1.82 bits per heavy atom. The van der Waals surface area contributed by atoms with Crippen LogP contribution in [0.1, 0.15) is 12.0 Å². The van der Waals surface area contributed by atoms with Crippen LogP contribution < -0.4 is 0 Å². The SMILES string of the molecule is FC(F)c1cc(Br)ccc1-c1cccc(Cl)c1. The molecular weight excluding hydrogens is 309 g/mol. The van der Waals surface area contributed by atoms with Crippen LogP contribution in [0.3, 0.4) is 0 Å². The smallest absolute Gasteiger partial charge is 0.205 e. The summed E-state index contributed by atoms with van der Waals surface area (Å²) in [5, 5.41) is 0.533. The largest absolute Gasteiger partial charge is 0.264 e. The van der Waals surface area contributed by atoms with Crippen molar-refractivity contribution in [3.05, 3.63) is 57.5 Å². The summed E-state index contributed by atoms with van der Waals surface area (Å²) in [4.78, 5) is 0. The van der Waals surface area contributed by atoms with Gasteiger partial charge in [-0.1, -0.05) is 45.7 Å². The van der Waals surface area contributed by atoms with Gasteiger partial charge in [-0.25, -0.2) is 8.78 Å². The average Bonchev–Trinajstić information content (AvgIpc) is 2.28. The van der Waals surface area contributed by atoms with Crippen molar-refractivity contribution in [1.82, 2.24) is 0 Å². The van der Waals surface area contributed by atoms with E-state index in [9.17, 15) is 8.78 Å². The van der Waals surface area contributed by atoms with Crippen molar-refractivity contribution in [3.8, 4) is 11.1 Å². The maximum Gasteiger partial charge on any atom is 0.264 e. The van der Waals surface area contributed by atoms with Gasteiger partial charge in [0.2, 0.25) is 0 Å². The van der Waals surface area contributed by atoms with Gasteiger partial charge in [-0.2, -0.15) is 0 Å². The van der Waals surface area contributed by atoms with Crippen LogP contribution in [0.25, 0.3) is 11.1 Å². The lowest BCUT2D eigenvalue weighted by molar-refractivity contribution is 0.152. The highest BCUT2D eigenvalue weighted by Crippen LogP contribution is 2.34. The molecule has 2 rings (SSSR count). The maximum absolute atomic E-state index is 12.9. The predicted molar refractivity (Wildman–Crippen MR) is 69.5 cm³/mol. The number of rotatable bonds is 2. The van der Waals surface area contributed by atoms with Crippen LogP contribution in [0.4, 0.5) is 8.78 Å². The molecule has 0 aliphatic rings. The molecule has 17 heavy (non-hydrogen) atoms. The van der Waals surface area contributed by atoms with Crippen molar-refractivity contribution >= 4 is 27.5 Å². The van der Waals surface area contributed by atoms with E-state index < -0.39 is 6.43 Å². The van der Waals surface area contributed by atoms with Gasteiger partial charge in [-0.3, -0.25) is 0 Å². The van der Waals surface area contributed by atoms with Crippen LogP contribution in [0.5, 0.6) is 0 Å². The van der Waals surface area contributed by atoms with Gasteiger partial charge >= 0.3 is 0 Å². The van der Waals surface area contributed by atoms with Crippen LogP contribution in [-0.4, -0.2) is 0 Å². The first kappa shape index (κ1) is 12.5. The van der Waals surface area contributed by atoms with Crippen LogP contribution in [0, 0.1) is 0 Å². The van der Waals surface area contributed by atoms with E-state index in [0.29, 0.717) is 20.6 Å². The number of benzene rings is 2. The molecule has 0 nitrogen and oxygen atoms in total. The summed E-state index contributed by atoms with van der Waals surface area (Å²) in [5.41, 5.74) is 1.20. The second kappa shape index (κ2) is 5.15. The summed E-state index contributed by atoms with van der Waals surface area (Å²) >= 11 is 9.05. The molecule has 0 fully saturated rings. The van der Waals surface area contributed by atoms with E-state index in [2.05, 4.69) is 15.9 Å². The number of halogens is 4. The lowest BCUT2D eigenvalue weighted by Gasteiger charge is -2.10. The fourth-order valence-electron chi connectivity index (χ4n) is 1.63. The average molecular weight is 318 g/mol. The van der Waals surface area contributed by atoms with E-state index in [0.717, 1.165) is 0 Å². The van der Waals surface area contributed by atoms with Gasteiger partial charge in [0.1, 0.15) is 0 Å². The van der Waals surface area contributed by atoms with Crippen LogP contribution in [0.2, 0.25) is 5.02 Å². The lowest BCUT2D eigenvalue weighted by Crippen LogP contribution is -1.90. The second-order valence-electron chi connectivity index (χ2n) is 3.54. The highest BCUT2D eigenvalue weighted by Gasteiger charge is 2.14. The van der Waals surface area contributed by atoms with E-state index in [1.807, 2.05) is 0 Å². The summed E-state index contributed by atoms with van der Waals surface area (Å²) in [6, 6.07) is 11.7. The first-order chi connectivity index (χ1) is 8.08. The zero-order valence-electron chi connectivity index (χ0n) is 8.63. The number of hydrogen-bond acceptors (Lipinski definition) is 0. The zero-order chi connectivity index (χ0) is 12.4. The Labute approximate surface area is 111 Å². The Bertz CT molecular complexity index is 541. The Morgan fingerprint density at radius 1 is 1.06 bits per heavy atom. The standard InChI is InChI=1S/C13H8BrClF2/c14-9-4-5-11(12(7-9)13(16)17)8-2-1-3-10(15)6-8/h1-7,13H. The fraction of sp³-hybridized carbons (Fsp3) is 0.0769. The van der Waals surface area contributed by atoms with E-state index in [4.69, 9.17) is 11.6 Å². The third kappa shape index (κ3) is 2.85. The van der Waals surface area contributed by atoms with Gasteiger partial charge in [0, 0.05) is 15.1 Å². The molecule has 0 saturated heterocycles. The minimum Gasteiger partial charge on any atom is -0.205 e. The van der Waals surface area contributed by atoms with Crippen LogP contribution >= 0.6 is 27.5 Å². The summed E-state index contributed by atoms with van der Waals surface area (Å²) in [6.07, 6.45) is -2.51. The van der Waals surface area contributed by atoms with Crippen molar-refractivity contribution in [3.63, 3.8) is 0 Å². The van der Waals surface area contributed by atoms with Crippen molar-refractivity contribution in [2.75, 3.05) is 0 Å². The summed E-state index contributed by atoms with van der Waals surface area (Å²) in [7, 11) is 0. The van der Waals surface area contributed by atoms with Gasteiger partial charge in [-0.05, 0) is 35.4 Å². The summed E-state index contributed by atoms with van der Waals surface area (Å²) in [6.45, 7) is 0. The van der Waals surface area contributed by atoms with Gasteiger partial charge < -0.3 is 0 Å². The molecule has 0 N–H and O–H groups in total. The van der Waals surface area contributed by atoms with Crippen molar-refractivity contribution in [2.24, 2.45) is 0 Å². The normalized spacial score (nSPS) is 10.9. The first-order valence-electron chi connectivity index (χ1n) is 4.91. The summed E-state index contributed by atoms with van der Waals surface area (Å²) in [5.74, 6) is 0. The topological polar surface area (TPSA) is 0 Å². The Morgan fingerprint density at radius 3 is 2.47 bits per heavy atom. The molecule has 0 radical (unpaired) electrons. The monoisotopic (exact) mass is 316 g/mol. The van der Waals surface area contributed by atoms with Gasteiger partial charge in [0.15, 0.2) is 0 Å². The predicted octanol–water partition coefficient (Wildman–Crippen LogP) is 5.71. The Balaban J connectivity index is 2.59. The molecule has 0 spiro atoms. The van der Waals surface area contributed by atoms with Crippen LogP contribution in [0.15, 0.2) is 46.9 Å². The van der Waals surface area contributed by atoms with Crippen molar-refractivity contribution in [1.29, 1.82) is 0 Å². The number of alkyl halides is 2. The minimum atomic E-state index is -2.51. The molecule has 88 valence electrons. The molecule has 0 amide bonds. The first-order valence-corrected chi connectivity index (χ1v) is 6.08. The molecule has 0 aliphatic heterocycles. The van der Waals surface area contributed by atoms with E-state index in [-0.39, 0.29) is 5.56 Å². The van der Waals surface area contributed by atoms with E-state index in [1.165, 1.54) is 6.07 Å². The van der Waals surface area contributed by atoms with E-state index >= 15 is 0 Å². The molecule has 2 aromatic rings. The fourth-order valence-corrected chi connectivity index (χ4v) is 2.20. The lowest BCUT2D eigenvalue weighted by atomic mass is 10.00. The number of hydrogen-bond donors (Lipinski definition) is 0. The third-order valence-corrected chi connectivity index (χ3v) is 3.11. The molecule has 2 aromatic carbocycles. The molecule has 0 saturated carbocycles. The third-order valence-electron chi connectivity index (χ3n) is 2.38.